The van der Waals surface area contributed by atoms with E-state index in [1.54, 1.807) is 22.9 Å². The van der Waals surface area contributed by atoms with Crippen molar-refractivity contribution in [3.05, 3.63) is 47.5 Å². The zero-order valence-electron chi connectivity index (χ0n) is 15.7. The predicted octanol–water partition coefficient (Wildman–Crippen LogP) is 2.65. The molecule has 27 heavy (non-hydrogen) atoms. The summed E-state index contributed by atoms with van der Waals surface area (Å²) in [7, 11) is 3.68. The summed E-state index contributed by atoms with van der Waals surface area (Å²) in [5, 5.41) is 0. The zero-order valence-corrected chi connectivity index (χ0v) is 15.7. The quantitative estimate of drug-likeness (QED) is 0.731. The summed E-state index contributed by atoms with van der Waals surface area (Å²) in [6, 6.07) is 0.0563. The van der Waals surface area contributed by atoms with Crippen LogP contribution in [-0.2, 0) is 9.53 Å². The highest BCUT2D eigenvalue weighted by molar-refractivity contribution is 6.00. The number of halogens is 3. The largest absolute Gasteiger partial charge is 0.469 e. The summed E-state index contributed by atoms with van der Waals surface area (Å²) < 4.78 is 42.1. The van der Waals surface area contributed by atoms with E-state index in [1.165, 1.54) is 6.08 Å². The van der Waals surface area contributed by atoms with Crippen molar-refractivity contribution < 1.29 is 22.7 Å². The average molecular weight is 383 g/mol. The number of amides is 1. The van der Waals surface area contributed by atoms with Crippen LogP contribution in [0, 0.1) is 0 Å². The molecule has 148 valence electrons. The van der Waals surface area contributed by atoms with E-state index in [9.17, 15) is 18.0 Å². The molecule has 0 bridgehead atoms. The first-order valence-corrected chi connectivity index (χ1v) is 8.90. The van der Waals surface area contributed by atoms with Crippen molar-refractivity contribution in [2.75, 3.05) is 33.8 Å². The van der Waals surface area contributed by atoms with E-state index >= 15 is 0 Å². The van der Waals surface area contributed by atoms with Crippen LogP contribution in [0.3, 0.4) is 0 Å². The second-order valence-corrected chi connectivity index (χ2v) is 7.08. The Kier molecular flexibility index (Phi) is 5.26. The number of carbonyl (C=O) groups excluding carboxylic acids is 1. The van der Waals surface area contributed by atoms with E-state index in [0.29, 0.717) is 19.5 Å². The van der Waals surface area contributed by atoms with Gasteiger partial charge in [-0.25, -0.2) is 0 Å². The Balaban J connectivity index is 1.56. The third-order valence-electron chi connectivity index (χ3n) is 5.31. The predicted molar refractivity (Wildman–Crippen MR) is 95.4 cm³/mol. The molecule has 0 saturated carbocycles. The molecule has 0 aliphatic carbocycles. The van der Waals surface area contributed by atoms with Crippen LogP contribution in [0.2, 0.25) is 0 Å². The number of alkyl halides is 3. The Morgan fingerprint density at radius 2 is 2.04 bits per heavy atom. The Hall–Kier alpha value is -2.38. The Morgan fingerprint density at radius 3 is 2.74 bits per heavy atom. The standard InChI is InChI=1S/C19H24F3N3O2/c1-13-16-11-25(18(26)15(16)8-9-23(13)2)10-7-14-5-4-6-17(24(14)3)27-12-19(20,21)22/h4-6,8-9,13-14H,7,10-12H2,1-3H3. The third kappa shape index (κ3) is 4.14. The average Bonchev–Trinajstić information content (AvgIpc) is 2.92. The fourth-order valence-corrected chi connectivity index (χ4v) is 3.51. The van der Waals surface area contributed by atoms with E-state index < -0.39 is 12.8 Å². The van der Waals surface area contributed by atoms with Crippen LogP contribution in [0.4, 0.5) is 13.2 Å². The highest BCUT2D eigenvalue weighted by Gasteiger charge is 2.35. The summed E-state index contributed by atoms with van der Waals surface area (Å²) in [5.74, 6) is 0.205. The van der Waals surface area contributed by atoms with Gasteiger partial charge in [0.05, 0.1) is 6.04 Å². The lowest BCUT2D eigenvalue weighted by Crippen LogP contribution is -2.38. The van der Waals surface area contributed by atoms with Gasteiger partial charge in [0.2, 0.25) is 0 Å². The number of carbonyl (C=O) groups is 1. The minimum Gasteiger partial charge on any atom is -0.469 e. The fourth-order valence-electron chi connectivity index (χ4n) is 3.51. The van der Waals surface area contributed by atoms with Crippen LogP contribution in [-0.4, -0.2) is 72.7 Å². The van der Waals surface area contributed by atoms with Crippen molar-refractivity contribution >= 4 is 5.91 Å². The number of likely N-dealkylation sites (N-methyl/N-ethyl adjacent to an activating group) is 2. The molecule has 0 aromatic carbocycles. The molecule has 0 aromatic heterocycles. The highest BCUT2D eigenvalue weighted by Crippen LogP contribution is 2.29. The number of rotatable bonds is 5. The molecule has 3 heterocycles. The molecule has 0 spiro atoms. The van der Waals surface area contributed by atoms with Gasteiger partial charge in [0.25, 0.3) is 5.91 Å². The van der Waals surface area contributed by atoms with Gasteiger partial charge in [-0.3, -0.25) is 4.79 Å². The molecule has 0 N–H and O–H groups in total. The normalized spacial score (nSPS) is 25.3. The van der Waals surface area contributed by atoms with Crippen LogP contribution in [0.5, 0.6) is 0 Å². The molecule has 5 nitrogen and oxygen atoms in total. The Bertz CT molecular complexity index is 724. The van der Waals surface area contributed by atoms with Gasteiger partial charge in [-0.2, -0.15) is 13.2 Å². The maximum absolute atomic E-state index is 12.6. The van der Waals surface area contributed by atoms with Crippen LogP contribution in [0.15, 0.2) is 47.5 Å². The van der Waals surface area contributed by atoms with Crippen molar-refractivity contribution in [1.82, 2.24) is 14.7 Å². The lowest BCUT2D eigenvalue weighted by atomic mass is 10.0. The molecule has 2 unspecified atom stereocenters. The first kappa shape index (κ1) is 19.4. The van der Waals surface area contributed by atoms with Crippen molar-refractivity contribution in [3.63, 3.8) is 0 Å². The summed E-state index contributed by atoms with van der Waals surface area (Å²) >= 11 is 0. The molecule has 3 aliphatic heterocycles. The van der Waals surface area contributed by atoms with Crippen molar-refractivity contribution in [1.29, 1.82) is 0 Å². The van der Waals surface area contributed by atoms with Crippen LogP contribution in [0.25, 0.3) is 0 Å². The molecular formula is C19H24F3N3O2. The number of allylic oxidation sites excluding steroid dienone is 2. The van der Waals surface area contributed by atoms with Crippen molar-refractivity contribution in [3.8, 4) is 0 Å². The second-order valence-electron chi connectivity index (χ2n) is 7.08. The Morgan fingerprint density at radius 1 is 1.30 bits per heavy atom. The van der Waals surface area contributed by atoms with E-state index in [0.717, 1.165) is 11.1 Å². The third-order valence-corrected chi connectivity index (χ3v) is 5.31. The lowest BCUT2D eigenvalue weighted by Gasteiger charge is -2.33. The molecule has 8 heteroatoms. The second kappa shape index (κ2) is 7.32. The summed E-state index contributed by atoms with van der Waals surface area (Å²) in [5.41, 5.74) is 1.88. The summed E-state index contributed by atoms with van der Waals surface area (Å²) in [6.45, 7) is 1.88. The van der Waals surface area contributed by atoms with Gasteiger partial charge < -0.3 is 19.4 Å². The minimum atomic E-state index is -4.37. The molecule has 3 rings (SSSR count). The number of ether oxygens (including phenoxy) is 1. The van der Waals surface area contributed by atoms with Gasteiger partial charge in [-0.05, 0) is 31.1 Å². The monoisotopic (exact) mass is 383 g/mol. The van der Waals surface area contributed by atoms with Crippen LogP contribution in [0.1, 0.15) is 13.3 Å². The maximum Gasteiger partial charge on any atom is 0.422 e. The topological polar surface area (TPSA) is 36.0 Å². The molecule has 0 fully saturated rings. The van der Waals surface area contributed by atoms with Crippen molar-refractivity contribution in [2.24, 2.45) is 0 Å². The van der Waals surface area contributed by atoms with Gasteiger partial charge in [0.1, 0.15) is 0 Å². The van der Waals surface area contributed by atoms with E-state index in [1.807, 2.05) is 25.4 Å². The first-order chi connectivity index (χ1) is 12.7. The number of hydrogen-bond donors (Lipinski definition) is 0. The van der Waals surface area contributed by atoms with Crippen LogP contribution >= 0.6 is 0 Å². The SMILES string of the molecule is CC1C2=C(C=CN1C)C(=O)N(CCC1C=CC=C(OCC(F)(F)F)N1C)C2. The molecule has 0 aromatic rings. The van der Waals surface area contributed by atoms with Crippen LogP contribution < -0.4 is 0 Å². The molecule has 1 amide bonds. The number of nitrogens with zero attached hydrogens (tertiary/aromatic N) is 3. The van der Waals surface area contributed by atoms with Gasteiger partial charge in [0, 0.05) is 45.0 Å². The molecule has 3 aliphatic rings. The highest BCUT2D eigenvalue weighted by atomic mass is 19.4. The number of hydrogen-bond acceptors (Lipinski definition) is 4. The summed E-state index contributed by atoms with van der Waals surface area (Å²) in [4.78, 5) is 18.2. The first-order valence-electron chi connectivity index (χ1n) is 8.90. The van der Waals surface area contributed by atoms with Gasteiger partial charge in [0.15, 0.2) is 12.5 Å². The minimum absolute atomic E-state index is 0.0210. The molecule has 2 atom stereocenters. The van der Waals surface area contributed by atoms with Gasteiger partial charge in [-0.1, -0.05) is 12.2 Å². The van der Waals surface area contributed by atoms with Gasteiger partial charge in [-0.15, -0.1) is 0 Å². The zero-order chi connectivity index (χ0) is 19.8. The molecule has 0 saturated heterocycles. The molecule has 0 radical (unpaired) electrons. The van der Waals surface area contributed by atoms with Gasteiger partial charge >= 0.3 is 6.18 Å². The van der Waals surface area contributed by atoms with E-state index in [-0.39, 0.29) is 23.9 Å². The van der Waals surface area contributed by atoms with E-state index in [2.05, 4.69) is 11.8 Å². The maximum atomic E-state index is 12.6. The lowest BCUT2D eigenvalue weighted by molar-refractivity contribution is -0.170. The summed E-state index contributed by atoms with van der Waals surface area (Å²) in [6.07, 6.45) is 5.14. The molecular weight excluding hydrogens is 359 g/mol. The smallest absolute Gasteiger partial charge is 0.422 e. The van der Waals surface area contributed by atoms with Crippen molar-refractivity contribution in [2.45, 2.75) is 31.6 Å². The van der Waals surface area contributed by atoms with E-state index in [4.69, 9.17) is 4.74 Å². The fraction of sp³-hybridized carbons (Fsp3) is 0.526. The Labute approximate surface area is 157 Å².